The summed E-state index contributed by atoms with van der Waals surface area (Å²) in [5.74, 6) is 1.73. The van der Waals surface area contributed by atoms with Gasteiger partial charge in [-0.1, -0.05) is 22.0 Å². The van der Waals surface area contributed by atoms with Gasteiger partial charge in [0.2, 0.25) is 0 Å². The van der Waals surface area contributed by atoms with Crippen molar-refractivity contribution >= 4 is 15.9 Å². The Kier molecular flexibility index (Phi) is 4.48. The Balaban J connectivity index is 2.16. The zero-order valence-electron chi connectivity index (χ0n) is 11.4. The van der Waals surface area contributed by atoms with Crippen LogP contribution in [0.2, 0.25) is 0 Å². The van der Waals surface area contributed by atoms with E-state index in [1.807, 2.05) is 30.3 Å². The monoisotopic (exact) mass is 320 g/mol. The molecule has 0 unspecified atom stereocenters. The van der Waals surface area contributed by atoms with Crippen LogP contribution in [0.4, 0.5) is 0 Å². The van der Waals surface area contributed by atoms with E-state index in [4.69, 9.17) is 9.47 Å². The van der Waals surface area contributed by atoms with Crippen LogP contribution in [0.1, 0.15) is 16.7 Å². The molecule has 100 valence electrons. The highest BCUT2D eigenvalue weighted by Crippen LogP contribution is 2.25. The van der Waals surface area contributed by atoms with Crippen LogP contribution >= 0.6 is 15.9 Å². The highest BCUT2D eigenvalue weighted by molar-refractivity contribution is 9.10. The van der Waals surface area contributed by atoms with Crippen LogP contribution in [-0.2, 0) is 6.61 Å². The van der Waals surface area contributed by atoms with E-state index in [2.05, 4.69) is 35.8 Å². The van der Waals surface area contributed by atoms with Crippen LogP contribution in [0.15, 0.2) is 40.9 Å². The molecule has 0 atom stereocenters. The zero-order chi connectivity index (χ0) is 13.8. The lowest BCUT2D eigenvalue weighted by atomic mass is 10.1. The van der Waals surface area contributed by atoms with Crippen molar-refractivity contribution in [1.29, 1.82) is 0 Å². The Morgan fingerprint density at radius 1 is 1.00 bits per heavy atom. The fourth-order valence-electron chi connectivity index (χ4n) is 2.04. The second kappa shape index (κ2) is 6.11. The summed E-state index contributed by atoms with van der Waals surface area (Å²) in [4.78, 5) is 0. The van der Waals surface area contributed by atoms with Gasteiger partial charge >= 0.3 is 0 Å². The third kappa shape index (κ3) is 3.74. The van der Waals surface area contributed by atoms with Crippen molar-refractivity contribution in [3.05, 3.63) is 57.6 Å². The molecule has 0 aliphatic rings. The first-order valence-electron chi connectivity index (χ1n) is 6.12. The topological polar surface area (TPSA) is 18.5 Å². The molecule has 0 amide bonds. The van der Waals surface area contributed by atoms with Gasteiger partial charge in [0, 0.05) is 10.0 Å². The first kappa shape index (κ1) is 13.9. The Bertz CT molecular complexity index is 559. The van der Waals surface area contributed by atoms with Gasteiger partial charge in [-0.05, 0) is 55.3 Å². The summed E-state index contributed by atoms with van der Waals surface area (Å²) >= 11 is 3.46. The zero-order valence-corrected chi connectivity index (χ0v) is 13.0. The minimum absolute atomic E-state index is 0.492. The van der Waals surface area contributed by atoms with Crippen molar-refractivity contribution in [3.63, 3.8) is 0 Å². The molecule has 0 spiro atoms. The maximum atomic E-state index is 5.85. The van der Waals surface area contributed by atoms with Gasteiger partial charge in [-0.15, -0.1) is 0 Å². The molecule has 0 bridgehead atoms. The first-order valence-corrected chi connectivity index (χ1v) is 6.91. The van der Waals surface area contributed by atoms with Gasteiger partial charge in [-0.3, -0.25) is 0 Å². The lowest BCUT2D eigenvalue weighted by molar-refractivity contribution is 0.296. The normalized spacial score (nSPS) is 10.3. The number of aryl methyl sites for hydroxylation is 2. The number of methoxy groups -OCH3 is 1. The van der Waals surface area contributed by atoms with Gasteiger partial charge in [0.1, 0.15) is 18.1 Å². The average molecular weight is 321 g/mol. The average Bonchev–Trinajstić information content (AvgIpc) is 2.35. The standard InChI is InChI=1S/C16H17BrO2/c1-11-6-12(2)8-15(7-11)19-10-13-9-14(17)4-5-16(13)18-3/h4-9H,10H2,1-3H3. The summed E-state index contributed by atoms with van der Waals surface area (Å²) in [7, 11) is 1.67. The number of rotatable bonds is 4. The maximum Gasteiger partial charge on any atom is 0.125 e. The molecule has 0 N–H and O–H groups in total. The summed E-state index contributed by atoms with van der Waals surface area (Å²) in [5.41, 5.74) is 3.43. The Morgan fingerprint density at radius 3 is 2.32 bits per heavy atom. The number of benzene rings is 2. The Hall–Kier alpha value is -1.48. The largest absolute Gasteiger partial charge is 0.496 e. The molecule has 2 nitrogen and oxygen atoms in total. The summed E-state index contributed by atoms with van der Waals surface area (Å²) in [5, 5.41) is 0. The van der Waals surface area contributed by atoms with E-state index in [1.54, 1.807) is 7.11 Å². The molecular weight excluding hydrogens is 304 g/mol. The molecule has 0 heterocycles. The van der Waals surface area contributed by atoms with E-state index < -0.39 is 0 Å². The van der Waals surface area contributed by atoms with Crippen LogP contribution < -0.4 is 9.47 Å². The number of hydrogen-bond acceptors (Lipinski definition) is 2. The lowest BCUT2D eigenvalue weighted by Gasteiger charge is -2.11. The van der Waals surface area contributed by atoms with Gasteiger partial charge in [-0.25, -0.2) is 0 Å². The minimum Gasteiger partial charge on any atom is -0.496 e. The van der Waals surface area contributed by atoms with Crippen LogP contribution in [-0.4, -0.2) is 7.11 Å². The predicted molar refractivity (Wildman–Crippen MR) is 80.9 cm³/mol. The second-order valence-corrected chi connectivity index (χ2v) is 5.48. The molecular formula is C16H17BrO2. The van der Waals surface area contributed by atoms with Crippen LogP contribution in [0.3, 0.4) is 0 Å². The molecule has 0 radical (unpaired) electrons. The third-order valence-electron chi connectivity index (χ3n) is 2.83. The molecule has 0 aliphatic carbocycles. The van der Waals surface area contributed by atoms with Crippen molar-refractivity contribution in [3.8, 4) is 11.5 Å². The lowest BCUT2D eigenvalue weighted by Crippen LogP contribution is -1.99. The van der Waals surface area contributed by atoms with E-state index in [-0.39, 0.29) is 0 Å². The highest BCUT2D eigenvalue weighted by Gasteiger charge is 2.05. The molecule has 19 heavy (non-hydrogen) atoms. The fourth-order valence-corrected chi connectivity index (χ4v) is 2.45. The smallest absolute Gasteiger partial charge is 0.125 e. The van der Waals surface area contributed by atoms with Crippen LogP contribution in [0, 0.1) is 13.8 Å². The van der Waals surface area contributed by atoms with Crippen LogP contribution in [0.25, 0.3) is 0 Å². The first-order chi connectivity index (χ1) is 9.08. The van der Waals surface area contributed by atoms with E-state index >= 15 is 0 Å². The Morgan fingerprint density at radius 2 is 1.68 bits per heavy atom. The van der Waals surface area contributed by atoms with Gasteiger partial charge in [0.25, 0.3) is 0 Å². The minimum atomic E-state index is 0.492. The van der Waals surface area contributed by atoms with Crippen molar-refractivity contribution in [2.45, 2.75) is 20.5 Å². The predicted octanol–water partition coefficient (Wildman–Crippen LogP) is 4.65. The van der Waals surface area contributed by atoms with Gasteiger partial charge in [0.05, 0.1) is 7.11 Å². The third-order valence-corrected chi connectivity index (χ3v) is 3.33. The summed E-state index contributed by atoms with van der Waals surface area (Å²) in [6.45, 7) is 4.63. The molecule has 2 rings (SSSR count). The molecule has 2 aromatic rings. The van der Waals surface area contributed by atoms with Crippen molar-refractivity contribution in [1.82, 2.24) is 0 Å². The van der Waals surface area contributed by atoms with Crippen molar-refractivity contribution in [2.75, 3.05) is 7.11 Å². The number of ether oxygens (including phenoxy) is 2. The molecule has 0 fully saturated rings. The SMILES string of the molecule is COc1ccc(Br)cc1COc1cc(C)cc(C)c1. The highest BCUT2D eigenvalue weighted by atomic mass is 79.9. The van der Waals surface area contributed by atoms with E-state index in [1.165, 1.54) is 11.1 Å². The Labute approximate surface area is 122 Å². The van der Waals surface area contributed by atoms with Gasteiger partial charge < -0.3 is 9.47 Å². The quantitative estimate of drug-likeness (QED) is 0.816. The number of halogens is 1. The van der Waals surface area contributed by atoms with Gasteiger partial charge in [-0.2, -0.15) is 0 Å². The maximum absolute atomic E-state index is 5.85. The molecule has 0 aliphatic heterocycles. The summed E-state index contributed by atoms with van der Waals surface area (Å²) in [6.07, 6.45) is 0. The summed E-state index contributed by atoms with van der Waals surface area (Å²) < 4.78 is 12.2. The van der Waals surface area contributed by atoms with E-state index in [0.29, 0.717) is 6.61 Å². The molecule has 3 heteroatoms. The molecule has 0 aromatic heterocycles. The second-order valence-electron chi connectivity index (χ2n) is 4.57. The molecule has 0 saturated heterocycles. The fraction of sp³-hybridized carbons (Fsp3) is 0.250. The van der Waals surface area contributed by atoms with Crippen molar-refractivity contribution in [2.24, 2.45) is 0 Å². The summed E-state index contributed by atoms with van der Waals surface area (Å²) in [6, 6.07) is 12.1. The van der Waals surface area contributed by atoms with Crippen LogP contribution in [0.5, 0.6) is 11.5 Å². The van der Waals surface area contributed by atoms with E-state index in [0.717, 1.165) is 21.5 Å². The van der Waals surface area contributed by atoms with E-state index in [9.17, 15) is 0 Å². The van der Waals surface area contributed by atoms with Gasteiger partial charge in [0.15, 0.2) is 0 Å². The molecule has 0 saturated carbocycles. The number of hydrogen-bond donors (Lipinski definition) is 0. The van der Waals surface area contributed by atoms with Crippen molar-refractivity contribution < 1.29 is 9.47 Å². The molecule has 2 aromatic carbocycles.